The summed E-state index contributed by atoms with van der Waals surface area (Å²) < 4.78 is 0. The van der Waals surface area contributed by atoms with Crippen LogP contribution < -0.4 is 10.2 Å². The number of carbonyl (C=O) groups excluding carboxylic acids is 1. The number of carbonyl (C=O) groups is 1. The van der Waals surface area contributed by atoms with E-state index in [9.17, 15) is 4.79 Å². The number of para-hydroxylation sites is 2. The second-order valence-corrected chi connectivity index (χ2v) is 5.82. The molecule has 0 spiro atoms. The Kier molecular flexibility index (Phi) is 4.14. The van der Waals surface area contributed by atoms with Crippen molar-refractivity contribution in [1.82, 2.24) is 0 Å². The smallest absolute Gasteiger partial charge is 0.226 e. The van der Waals surface area contributed by atoms with E-state index >= 15 is 0 Å². The van der Waals surface area contributed by atoms with E-state index < -0.39 is 0 Å². The fraction of sp³-hybridized carbons (Fsp3) is 0.316. The van der Waals surface area contributed by atoms with Crippen LogP contribution in [-0.2, 0) is 4.79 Å². The van der Waals surface area contributed by atoms with E-state index in [2.05, 4.69) is 36.5 Å². The summed E-state index contributed by atoms with van der Waals surface area (Å²) in [6, 6.07) is 18.9. The van der Waals surface area contributed by atoms with Crippen LogP contribution >= 0.6 is 0 Å². The fourth-order valence-corrected chi connectivity index (χ4v) is 3.24. The van der Waals surface area contributed by atoms with Crippen LogP contribution in [-0.4, -0.2) is 11.9 Å². The number of anilines is 2. The average Bonchev–Trinajstić information content (AvgIpc) is 2.55. The van der Waals surface area contributed by atoms with Gasteiger partial charge in [-0.15, -0.1) is 0 Å². The summed E-state index contributed by atoms with van der Waals surface area (Å²) in [5.41, 5.74) is 3.36. The van der Waals surface area contributed by atoms with Crippen LogP contribution in [0.15, 0.2) is 54.6 Å². The van der Waals surface area contributed by atoms with Gasteiger partial charge in [0.05, 0.1) is 6.04 Å². The van der Waals surface area contributed by atoms with E-state index in [1.54, 1.807) is 0 Å². The van der Waals surface area contributed by atoms with E-state index in [0.717, 1.165) is 17.8 Å². The zero-order valence-corrected chi connectivity index (χ0v) is 13.1. The van der Waals surface area contributed by atoms with Crippen LogP contribution in [0.5, 0.6) is 0 Å². The van der Waals surface area contributed by atoms with Crippen molar-refractivity contribution in [3.05, 3.63) is 60.2 Å². The lowest BCUT2D eigenvalue weighted by Crippen LogP contribution is -2.44. The van der Waals surface area contributed by atoms with Crippen LogP contribution in [0.2, 0.25) is 0 Å². The Morgan fingerprint density at radius 3 is 2.55 bits per heavy atom. The summed E-state index contributed by atoms with van der Waals surface area (Å²) >= 11 is 0. The second kappa shape index (κ2) is 6.22. The number of nitrogens with zero attached hydrogens (tertiary/aromatic N) is 1. The van der Waals surface area contributed by atoms with Crippen LogP contribution in [0.3, 0.4) is 0 Å². The summed E-state index contributed by atoms with van der Waals surface area (Å²) in [5, 5.41) is 3.61. The third kappa shape index (κ3) is 2.71. The molecule has 0 fully saturated rings. The number of hydrogen-bond acceptors (Lipinski definition) is 2. The maximum absolute atomic E-state index is 12.3. The predicted octanol–water partition coefficient (Wildman–Crippen LogP) is 4.38. The van der Waals surface area contributed by atoms with Crippen molar-refractivity contribution in [2.24, 2.45) is 0 Å². The molecule has 3 heteroatoms. The molecule has 0 saturated heterocycles. The molecular formula is C19H22N2O. The Morgan fingerprint density at radius 1 is 1.14 bits per heavy atom. The minimum Gasteiger partial charge on any atom is -0.378 e. The van der Waals surface area contributed by atoms with Gasteiger partial charge in [0, 0.05) is 23.8 Å². The summed E-state index contributed by atoms with van der Waals surface area (Å²) in [5.74, 6) is 0.193. The van der Waals surface area contributed by atoms with Crippen molar-refractivity contribution in [3.63, 3.8) is 0 Å². The van der Waals surface area contributed by atoms with Gasteiger partial charge in [-0.25, -0.2) is 0 Å². The summed E-state index contributed by atoms with van der Waals surface area (Å²) in [7, 11) is 0. The van der Waals surface area contributed by atoms with Crippen LogP contribution in [0, 0.1) is 0 Å². The van der Waals surface area contributed by atoms with Gasteiger partial charge < -0.3 is 10.2 Å². The van der Waals surface area contributed by atoms with Gasteiger partial charge in [-0.05, 0) is 37.1 Å². The van der Waals surface area contributed by atoms with Crippen molar-refractivity contribution in [1.29, 1.82) is 0 Å². The molecule has 1 amide bonds. The van der Waals surface area contributed by atoms with Gasteiger partial charge in [0.2, 0.25) is 5.91 Å². The number of rotatable bonds is 3. The molecule has 0 aromatic heterocycles. The zero-order chi connectivity index (χ0) is 15.5. The molecule has 2 aromatic carbocycles. The minimum atomic E-state index is 0.193. The van der Waals surface area contributed by atoms with Crippen molar-refractivity contribution >= 4 is 17.3 Å². The maximum atomic E-state index is 12.3. The molecular weight excluding hydrogens is 272 g/mol. The standard InChI is InChI=1S/C19H22N2O/c1-3-19(22)21-14(2)13-17(16-11-7-8-12-18(16)21)20-15-9-5-4-6-10-15/h4-12,14,17,20H,3,13H2,1-2H3/t14-,17-/m0/s1. The fourth-order valence-electron chi connectivity index (χ4n) is 3.24. The lowest BCUT2D eigenvalue weighted by molar-refractivity contribution is -0.118. The third-order valence-electron chi connectivity index (χ3n) is 4.28. The number of nitrogens with one attached hydrogen (secondary N) is 1. The highest BCUT2D eigenvalue weighted by molar-refractivity contribution is 5.95. The van der Waals surface area contributed by atoms with Crippen molar-refractivity contribution in [2.75, 3.05) is 10.2 Å². The topological polar surface area (TPSA) is 32.3 Å². The zero-order valence-electron chi connectivity index (χ0n) is 13.1. The molecule has 114 valence electrons. The van der Waals surface area contributed by atoms with Crippen LogP contribution in [0.4, 0.5) is 11.4 Å². The lowest BCUT2D eigenvalue weighted by atomic mass is 9.91. The number of hydrogen-bond donors (Lipinski definition) is 1. The first kappa shape index (κ1) is 14.6. The predicted molar refractivity (Wildman–Crippen MR) is 91.1 cm³/mol. The first-order valence-electron chi connectivity index (χ1n) is 7.93. The number of amides is 1. The lowest BCUT2D eigenvalue weighted by Gasteiger charge is -2.40. The highest BCUT2D eigenvalue weighted by Gasteiger charge is 2.32. The van der Waals surface area contributed by atoms with Gasteiger partial charge in [-0.2, -0.15) is 0 Å². The van der Waals surface area contributed by atoms with Gasteiger partial charge >= 0.3 is 0 Å². The number of benzene rings is 2. The molecule has 1 N–H and O–H groups in total. The molecule has 0 unspecified atom stereocenters. The molecule has 3 rings (SSSR count). The van der Waals surface area contributed by atoms with Gasteiger partial charge in [-0.1, -0.05) is 43.3 Å². The highest BCUT2D eigenvalue weighted by Crippen LogP contribution is 2.39. The molecule has 22 heavy (non-hydrogen) atoms. The first-order valence-corrected chi connectivity index (χ1v) is 7.93. The molecule has 0 radical (unpaired) electrons. The quantitative estimate of drug-likeness (QED) is 0.911. The van der Waals surface area contributed by atoms with Crippen molar-refractivity contribution in [3.8, 4) is 0 Å². The highest BCUT2D eigenvalue weighted by atomic mass is 16.2. The van der Waals surface area contributed by atoms with Crippen LogP contribution in [0.1, 0.15) is 38.3 Å². The minimum absolute atomic E-state index is 0.193. The Balaban J connectivity index is 1.95. The SMILES string of the molecule is CCC(=O)N1c2ccccc2[C@@H](Nc2ccccc2)C[C@@H]1C. The average molecular weight is 294 g/mol. The van der Waals surface area contributed by atoms with Crippen LogP contribution in [0.25, 0.3) is 0 Å². The molecule has 1 aliphatic rings. The van der Waals surface area contributed by atoms with Gasteiger partial charge in [0.25, 0.3) is 0 Å². The maximum Gasteiger partial charge on any atom is 0.226 e. The Labute approximate surface area is 132 Å². The molecule has 0 saturated carbocycles. The molecule has 3 nitrogen and oxygen atoms in total. The van der Waals surface area contributed by atoms with Gasteiger partial charge in [0.15, 0.2) is 0 Å². The Morgan fingerprint density at radius 2 is 1.82 bits per heavy atom. The van der Waals surface area contributed by atoms with E-state index in [0.29, 0.717) is 6.42 Å². The monoisotopic (exact) mass is 294 g/mol. The molecule has 0 aliphatic carbocycles. The molecule has 0 bridgehead atoms. The number of fused-ring (bicyclic) bond motifs is 1. The second-order valence-electron chi connectivity index (χ2n) is 5.82. The van der Waals surface area contributed by atoms with Gasteiger partial charge in [-0.3, -0.25) is 4.79 Å². The normalized spacial score (nSPS) is 20.4. The molecule has 1 aliphatic heterocycles. The van der Waals surface area contributed by atoms with E-state index in [4.69, 9.17) is 0 Å². The van der Waals surface area contributed by atoms with Crippen molar-refractivity contribution < 1.29 is 4.79 Å². The summed E-state index contributed by atoms with van der Waals surface area (Å²) in [4.78, 5) is 14.3. The molecule has 2 atom stereocenters. The molecule has 1 heterocycles. The first-order chi connectivity index (χ1) is 10.7. The Hall–Kier alpha value is -2.29. The summed E-state index contributed by atoms with van der Waals surface area (Å²) in [6.07, 6.45) is 1.45. The van der Waals surface area contributed by atoms with Gasteiger partial charge in [0.1, 0.15) is 0 Å². The Bertz CT molecular complexity index is 653. The van der Waals surface area contributed by atoms with E-state index in [1.807, 2.05) is 42.2 Å². The van der Waals surface area contributed by atoms with E-state index in [1.165, 1.54) is 5.56 Å². The van der Waals surface area contributed by atoms with E-state index in [-0.39, 0.29) is 18.0 Å². The summed E-state index contributed by atoms with van der Waals surface area (Å²) in [6.45, 7) is 4.05. The third-order valence-corrected chi connectivity index (χ3v) is 4.28. The van der Waals surface area contributed by atoms with Crippen molar-refractivity contribution in [2.45, 2.75) is 38.8 Å². The largest absolute Gasteiger partial charge is 0.378 e. The molecule has 2 aromatic rings.